The topological polar surface area (TPSA) is 75.4 Å². The number of carboxylic acid groups (broad SMARTS) is 1. The van der Waals surface area contributed by atoms with Crippen molar-refractivity contribution >= 4 is 12.0 Å². The molecule has 1 fully saturated rings. The van der Waals surface area contributed by atoms with Crippen LogP contribution in [0.15, 0.2) is 18.7 Å². The normalized spacial score (nSPS) is 17.4. The second kappa shape index (κ2) is 4.34. The highest BCUT2D eigenvalue weighted by Crippen LogP contribution is 2.19. The minimum atomic E-state index is -0.909. The minimum Gasteiger partial charge on any atom is -0.465 e. The summed E-state index contributed by atoms with van der Waals surface area (Å²) in [6.45, 7) is 0.862. The first kappa shape index (κ1) is 10.7. The van der Waals surface area contributed by atoms with Gasteiger partial charge in [-0.3, -0.25) is 9.36 Å². The maximum Gasteiger partial charge on any atom is 0.407 e. The van der Waals surface area contributed by atoms with E-state index in [2.05, 4.69) is 4.98 Å². The molecule has 1 N–H and O–H groups in total. The van der Waals surface area contributed by atoms with Crippen LogP contribution in [0.3, 0.4) is 0 Å². The van der Waals surface area contributed by atoms with Crippen molar-refractivity contribution in [2.45, 2.75) is 12.8 Å². The Morgan fingerprint density at radius 2 is 2.00 bits per heavy atom. The van der Waals surface area contributed by atoms with E-state index >= 15 is 0 Å². The van der Waals surface area contributed by atoms with E-state index in [1.165, 1.54) is 15.8 Å². The fourth-order valence-electron chi connectivity index (χ4n) is 1.92. The molecule has 0 atom stereocenters. The predicted molar refractivity (Wildman–Crippen MR) is 55.2 cm³/mol. The molecular formula is C10H13N3O3. The number of hydrogen-bond donors (Lipinski definition) is 1. The number of piperidine rings is 1. The molecule has 6 nitrogen and oxygen atoms in total. The van der Waals surface area contributed by atoms with Gasteiger partial charge in [0.25, 0.3) is 0 Å². The zero-order chi connectivity index (χ0) is 11.5. The molecule has 1 aromatic rings. The van der Waals surface area contributed by atoms with Gasteiger partial charge in [0.1, 0.15) is 6.33 Å². The quantitative estimate of drug-likeness (QED) is 0.767. The van der Waals surface area contributed by atoms with Crippen molar-refractivity contribution in [2.24, 2.45) is 5.92 Å². The van der Waals surface area contributed by atoms with Crippen molar-refractivity contribution in [1.29, 1.82) is 0 Å². The van der Waals surface area contributed by atoms with Crippen LogP contribution in [0.5, 0.6) is 0 Å². The van der Waals surface area contributed by atoms with Crippen LogP contribution in [0.2, 0.25) is 0 Å². The third-order valence-electron chi connectivity index (χ3n) is 2.87. The molecule has 86 valence electrons. The number of carbonyl (C=O) groups is 2. The highest BCUT2D eigenvalue weighted by atomic mass is 16.4. The maximum atomic E-state index is 11.9. The van der Waals surface area contributed by atoms with Gasteiger partial charge in [0.15, 0.2) is 0 Å². The Kier molecular flexibility index (Phi) is 2.89. The number of hydrogen-bond acceptors (Lipinski definition) is 3. The Morgan fingerprint density at radius 1 is 1.31 bits per heavy atom. The van der Waals surface area contributed by atoms with Gasteiger partial charge in [-0.1, -0.05) is 0 Å². The molecule has 6 heteroatoms. The summed E-state index contributed by atoms with van der Waals surface area (Å²) in [6, 6.07) is 0. The largest absolute Gasteiger partial charge is 0.465 e. The van der Waals surface area contributed by atoms with E-state index in [0.29, 0.717) is 25.9 Å². The molecule has 1 aliphatic heterocycles. The molecule has 0 bridgehead atoms. The number of likely N-dealkylation sites (tertiary alicyclic amines) is 1. The van der Waals surface area contributed by atoms with Crippen LogP contribution in [0.25, 0.3) is 0 Å². The van der Waals surface area contributed by atoms with Crippen molar-refractivity contribution in [1.82, 2.24) is 14.5 Å². The first-order valence-corrected chi connectivity index (χ1v) is 5.18. The van der Waals surface area contributed by atoms with E-state index in [4.69, 9.17) is 5.11 Å². The molecule has 2 heterocycles. The van der Waals surface area contributed by atoms with Crippen LogP contribution in [0.1, 0.15) is 17.6 Å². The predicted octanol–water partition coefficient (Wildman–Crippen LogP) is 0.913. The average molecular weight is 223 g/mol. The SMILES string of the molecule is O=C(O)N1CCC(C(=O)n2ccnc2)CC1. The van der Waals surface area contributed by atoms with Gasteiger partial charge in [0.05, 0.1) is 0 Å². The smallest absolute Gasteiger partial charge is 0.407 e. The number of nitrogens with zero attached hydrogens (tertiary/aromatic N) is 3. The summed E-state index contributed by atoms with van der Waals surface area (Å²) >= 11 is 0. The van der Waals surface area contributed by atoms with E-state index in [-0.39, 0.29) is 11.8 Å². The fourth-order valence-corrected chi connectivity index (χ4v) is 1.92. The third-order valence-corrected chi connectivity index (χ3v) is 2.87. The average Bonchev–Trinajstić information content (AvgIpc) is 2.81. The lowest BCUT2D eigenvalue weighted by Crippen LogP contribution is -2.40. The summed E-state index contributed by atoms with van der Waals surface area (Å²) in [4.78, 5) is 27.7. The molecule has 0 spiro atoms. The maximum absolute atomic E-state index is 11.9. The number of carbonyl (C=O) groups excluding carboxylic acids is 1. The van der Waals surface area contributed by atoms with Gasteiger partial charge in [0, 0.05) is 31.4 Å². The zero-order valence-electron chi connectivity index (χ0n) is 8.74. The number of imidazole rings is 1. The summed E-state index contributed by atoms with van der Waals surface area (Å²) in [6.07, 6.45) is 4.92. The summed E-state index contributed by atoms with van der Waals surface area (Å²) in [5.74, 6) is -0.0904. The van der Waals surface area contributed by atoms with E-state index in [1.54, 1.807) is 12.4 Å². The van der Waals surface area contributed by atoms with E-state index in [1.807, 2.05) is 0 Å². The van der Waals surface area contributed by atoms with Gasteiger partial charge in [-0.2, -0.15) is 0 Å². The van der Waals surface area contributed by atoms with Gasteiger partial charge in [0.2, 0.25) is 5.91 Å². The van der Waals surface area contributed by atoms with Crippen LogP contribution < -0.4 is 0 Å². The first-order chi connectivity index (χ1) is 7.68. The van der Waals surface area contributed by atoms with Crippen molar-refractivity contribution < 1.29 is 14.7 Å². The molecular weight excluding hydrogens is 210 g/mol. The molecule has 1 amide bonds. The number of amides is 1. The standard InChI is InChI=1S/C10H13N3O3/c14-9(13-6-3-11-7-13)8-1-4-12(5-2-8)10(15)16/h3,6-8H,1-2,4-5H2,(H,15,16). The summed E-state index contributed by atoms with van der Waals surface area (Å²) < 4.78 is 1.46. The van der Waals surface area contributed by atoms with Crippen LogP contribution in [0, 0.1) is 5.92 Å². The summed E-state index contributed by atoms with van der Waals surface area (Å²) in [7, 11) is 0. The van der Waals surface area contributed by atoms with Crippen molar-refractivity contribution in [3.8, 4) is 0 Å². The van der Waals surface area contributed by atoms with Crippen molar-refractivity contribution in [2.75, 3.05) is 13.1 Å². The summed E-state index contributed by atoms with van der Waals surface area (Å²) in [5, 5.41) is 8.77. The Balaban J connectivity index is 1.94. The summed E-state index contributed by atoms with van der Waals surface area (Å²) in [5.41, 5.74) is 0. The minimum absolute atomic E-state index is 0.00235. The molecule has 2 rings (SSSR count). The van der Waals surface area contributed by atoms with Crippen molar-refractivity contribution in [3.63, 3.8) is 0 Å². The Hall–Kier alpha value is -1.85. The molecule has 0 aromatic carbocycles. The molecule has 1 aliphatic rings. The van der Waals surface area contributed by atoms with Crippen LogP contribution in [0.4, 0.5) is 4.79 Å². The molecule has 1 saturated heterocycles. The van der Waals surface area contributed by atoms with Crippen LogP contribution in [-0.4, -0.2) is 44.6 Å². The fraction of sp³-hybridized carbons (Fsp3) is 0.500. The lowest BCUT2D eigenvalue weighted by molar-refractivity contribution is 0.0739. The highest BCUT2D eigenvalue weighted by Gasteiger charge is 2.27. The molecule has 0 radical (unpaired) electrons. The van der Waals surface area contributed by atoms with Gasteiger partial charge < -0.3 is 10.0 Å². The third kappa shape index (κ3) is 2.05. The van der Waals surface area contributed by atoms with E-state index in [9.17, 15) is 9.59 Å². The molecule has 0 unspecified atom stereocenters. The Bertz CT molecular complexity index is 380. The van der Waals surface area contributed by atoms with Crippen molar-refractivity contribution in [3.05, 3.63) is 18.7 Å². The van der Waals surface area contributed by atoms with Gasteiger partial charge >= 0.3 is 6.09 Å². The van der Waals surface area contributed by atoms with Gasteiger partial charge in [-0.25, -0.2) is 9.78 Å². The molecule has 0 aliphatic carbocycles. The molecule has 1 aromatic heterocycles. The molecule has 0 saturated carbocycles. The number of rotatable bonds is 1. The van der Waals surface area contributed by atoms with E-state index in [0.717, 1.165) is 0 Å². The second-order valence-corrected chi connectivity index (χ2v) is 3.85. The van der Waals surface area contributed by atoms with E-state index < -0.39 is 6.09 Å². The van der Waals surface area contributed by atoms with Gasteiger partial charge in [-0.15, -0.1) is 0 Å². The first-order valence-electron chi connectivity index (χ1n) is 5.18. The van der Waals surface area contributed by atoms with Gasteiger partial charge in [-0.05, 0) is 12.8 Å². The Morgan fingerprint density at radius 3 is 2.50 bits per heavy atom. The molecule has 16 heavy (non-hydrogen) atoms. The highest BCUT2D eigenvalue weighted by molar-refractivity contribution is 5.81. The van der Waals surface area contributed by atoms with Crippen LogP contribution >= 0.6 is 0 Å². The second-order valence-electron chi connectivity index (χ2n) is 3.85. The number of aromatic nitrogens is 2. The lowest BCUT2D eigenvalue weighted by Gasteiger charge is -2.28. The Labute approximate surface area is 92.5 Å². The van der Waals surface area contributed by atoms with Crippen LogP contribution in [-0.2, 0) is 0 Å². The lowest BCUT2D eigenvalue weighted by atomic mass is 9.96. The zero-order valence-corrected chi connectivity index (χ0v) is 8.74. The monoisotopic (exact) mass is 223 g/mol.